The second kappa shape index (κ2) is 8.30. The lowest BCUT2D eigenvalue weighted by Gasteiger charge is -2.41. The summed E-state index contributed by atoms with van der Waals surface area (Å²) >= 11 is 0. The molecule has 2 aliphatic heterocycles. The van der Waals surface area contributed by atoms with Gasteiger partial charge in [0.05, 0.1) is 0 Å². The number of nitrogens with one attached hydrogen (secondary N) is 1. The number of hydrogen-bond donors (Lipinski definition) is 1. The Hall–Kier alpha value is -1.43. The molecule has 0 bridgehead atoms. The first-order chi connectivity index (χ1) is 12.1. The number of hydrogen-bond acceptors (Lipinski definition) is 4. The average molecular weight is 345 g/mol. The predicted octanol–water partition coefficient (Wildman–Crippen LogP) is 1.36. The number of rotatable bonds is 4. The van der Waals surface area contributed by atoms with Gasteiger partial charge in [-0.15, -0.1) is 0 Å². The number of piperazine rings is 2. The molecule has 3 rings (SSSR count). The van der Waals surface area contributed by atoms with Crippen molar-refractivity contribution in [2.75, 3.05) is 52.9 Å². The van der Waals surface area contributed by atoms with E-state index in [0.29, 0.717) is 6.04 Å². The molecule has 0 spiro atoms. The molecule has 1 aromatic carbocycles. The molecule has 2 aliphatic rings. The fourth-order valence-electron chi connectivity index (χ4n) is 3.84. The molecular weight excluding hydrogens is 312 g/mol. The quantitative estimate of drug-likeness (QED) is 0.895. The molecule has 0 aromatic heterocycles. The molecule has 2 atom stereocenters. The number of benzene rings is 1. The molecule has 5 nitrogen and oxygen atoms in total. The van der Waals surface area contributed by atoms with Crippen LogP contribution < -0.4 is 5.32 Å². The third kappa shape index (κ3) is 4.40. The molecule has 2 unspecified atom stereocenters. The van der Waals surface area contributed by atoms with Gasteiger partial charge < -0.3 is 15.1 Å². The van der Waals surface area contributed by atoms with Crippen LogP contribution in [-0.4, -0.2) is 79.5 Å². The summed E-state index contributed by atoms with van der Waals surface area (Å²) in [6.45, 7) is 10.7. The van der Waals surface area contributed by atoms with Crippen LogP contribution in [0, 0.1) is 0 Å². The summed E-state index contributed by atoms with van der Waals surface area (Å²) in [5.41, 5.74) is 2.46. The second-order valence-electron chi connectivity index (χ2n) is 7.48. The lowest BCUT2D eigenvalue weighted by atomic mass is 9.99. The van der Waals surface area contributed by atoms with Gasteiger partial charge in [-0.1, -0.05) is 31.2 Å². The Morgan fingerprint density at radius 1 is 1.16 bits per heavy atom. The van der Waals surface area contributed by atoms with Crippen molar-refractivity contribution in [3.8, 4) is 0 Å². The molecule has 0 aliphatic carbocycles. The van der Waals surface area contributed by atoms with Crippen LogP contribution in [0.25, 0.3) is 0 Å². The van der Waals surface area contributed by atoms with Crippen LogP contribution in [0.15, 0.2) is 24.3 Å². The van der Waals surface area contributed by atoms with Crippen molar-refractivity contribution < 1.29 is 4.79 Å². The molecule has 2 heterocycles. The molecule has 1 amide bonds. The normalized spacial score (nSPS) is 24.3. The SMILES string of the molecule is CCc1ccc(C(C(=O)N2CCN(C)CC2)N2CCNC(C)C2)cc1. The van der Waals surface area contributed by atoms with Crippen LogP contribution in [0.1, 0.15) is 31.0 Å². The Morgan fingerprint density at radius 2 is 1.84 bits per heavy atom. The van der Waals surface area contributed by atoms with Crippen molar-refractivity contribution >= 4 is 5.91 Å². The average Bonchev–Trinajstić information content (AvgIpc) is 2.63. The minimum atomic E-state index is -0.154. The largest absolute Gasteiger partial charge is 0.338 e. The van der Waals surface area contributed by atoms with Crippen LogP contribution in [0.3, 0.4) is 0 Å². The summed E-state index contributed by atoms with van der Waals surface area (Å²) in [6, 6.07) is 8.93. The lowest BCUT2D eigenvalue weighted by molar-refractivity contribution is -0.139. The predicted molar refractivity (Wildman–Crippen MR) is 102 cm³/mol. The maximum atomic E-state index is 13.4. The second-order valence-corrected chi connectivity index (χ2v) is 7.48. The minimum Gasteiger partial charge on any atom is -0.338 e. The lowest BCUT2D eigenvalue weighted by Crippen LogP contribution is -2.55. The molecule has 5 heteroatoms. The zero-order valence-electron chi connectivity index (χ0n) is 15.9. The van der Waals surface area contributed by atoms with Crippen LogP contribution in [0.2, 0.25) is 0 Å². The summed E-state index contributed by atoms with van der Waals surface area (Å²) in [5, 5.41) is 3.49. The van der Waals surface area contributed by atoms with Gasteiger partial charge in [0.15, 0.2) is 0 Å². The van der Waals surface area contributed by atoms with Crippen LogP contribution in [-0.2, 0) is 11.2 Å². The Bertz CT molecular complexity index is 566. The van der Waals surface area contributed by atoms with E-state index in [2.05, 4.69) is 65.2 Å². The summed E-state index contributed by atoms with van der Waals surface area (Å²) in [5.74, 6) is 0.270. The first-order valence-electron chi connectivity index (χ1n) is 9.62. The summed E-state index contributed by atoms with van der Waals surface area (Å²) < 4.78 is 0. The maximum absolute atomic E-state index is 13.4. The van der Waals surface area contributed by atoms with Crippen LogP contribution in [0.4, 0.5) is 0 Å². The van der Waals surface area contributed by atoms with Crippen molar-refractivity contribution in [3.05, 3.63) is 35.4 Å². The molecule has 1 N–H and O–H groups in total. The molecule has 0 saturated carbocycles. The van der Waals surface area contributed by atoms with E-state index in [9.17, 15) is 4.79 Å². The molecule has 25 heavy (non-hydrogen) atoms. The monoisotopic (exact) mass is 344 g/mol. The van der Waals surface area contributed by atoms with Crippen molar-refractivity contribution in [2.24, 2.45) is 0 Å². The zero-order chi connectivity index (χ0) is 17.8. The molecular formula is C20H32N4O. The number of likely N-dealkylation sites (N-methyl/N-ethyl adjacent to an activating group) is 1. The Kier molecular flexibility index (Phi) is 6.10. The molecule has 0 radical (unpaired) electrons. The summed E-state index contributed by atoms with van der Waals surface area (Å²) in [4.78, 5) is 20.1. The number of aryl methyl sites for hydroxylation is 1. The van der Waals surface area contributed by atoms with Gasteiger partial charge in [-0.3, -0.25) is 9.69 Å². The van der Waals surface area contributed by atoms with E-state index in [1.54, 1.807) is 0 Å². The van der Waals surface area contributed by atoms with Crippen molar-refractivity contribution in [1.29, 1.82) is 0 Å². The van der Waals surface area contributed by atoms with Gasteiger partial charge >= 0.3 is 0 Å². The van der Waals surface area contributed by atoms with E-state index < -0.39 is 0 Å². The standard InChI is InChI=1S/C20H32N4O/c1-4-17-5-7-18(8-6-17)19(24-10-9-21-16(2)15-24)20(25)23-13-11-22(3)12-14-23/h5-8,16,19,21H,4,9-15H2,1-3H3. The highest BCUT2D eigenvalue weighted by molar-refractivity contribution is 5.83. The Morgan fingerprint density at radius 3 is 2.44 bits per heavy atom. The van der Waals surface area contributed by atoms with E-state index in [1.165, 1.54) is 5.56 Å². The number of amides is 1. The van der Waals surface area contributed by atoms with E-state index in [1.807, 2.05) is 0 Å². The maximum Gasteiger partial charge on any atom is 0.244 e. The van der Waals surface area contributed by atoms with Crippen LogP contribution in [0.5, 0.6) is 0 Å². The molecule has 1 aromatic rings. The highest BCUT2D eigenvalue weighted by Gasteiger charge is 2.34. The highest BCUT2D eigenvalue weighted by Crippen LogP contribution is 2.26. The van der Waals surface area contributed by atoms with Gasteiger partial charge in [0.25, 0.3) is 0 Å². The van der Waals surface area contributed by atoms with Gasteiger partial charge in [0.2, 0.25) is 5.91 Å². The van der Waals surface area contributed by atoms with E-state index in [4.69, 9.17) is 0 Å². The van der Waals surface area contributed by atoms with Gasteiger partial charge in [0, 0.05) is 51.9 Å². The van der Waals surface area contributed by atoms with Crippen molar-refractivity contribution in [1.82, 2.24) is 20.0 Å². The molecule has 138 valence electrons. The van der Waals surface area contributed by atoms with Crippen LogP contribution >= 0.6 is 0 Å². The fourth-order valence-corrected chi connectivity index (χ4v) is 3.84. The van der Waals surface area contributed by atoms with Crippen molar-refractivity contribution in [2.45, 2.75) is 32.4 Å². The van der Waals surface area contributed by atoms with E-state index in [0.717, 1.165) is 57.8 Å². The third-order valence-corrected chi connectivity index (χ3v) is 5.52. The van der Waals surface area contributed by atoms with Gasteiger partial charge in [-0.2, -0.15) is 0 Å². The summed E-state index contributed by atoms with van der Waals surface area (Å²) in [6.07, 6.45) is 1.03. The fraction of sp³-hybridized carbons (Fsp3) is 0.650. The molecule has 2 fully saturated rings. The van der Waals surface area contributed by atoms with E-state index >= 15 is 0 Å². The third-order valence-electron chi connectivity index (χ3n) is 5.52. The Balaban J connectivity index is 1.83. The minimum absolute atomic E-state index is 0.154. The highest BCUT2D eigenvalue weighted by atomic mass is 16.2. The zero-order valence-corrected chi connectivity index (χ0v) is 15.9. The Labute approximate surface area is 152 Å². The summed E-state index contributed by atoms with van der Waals surface area (Å²) in [7, 11) is 2.13. The van der Waals surface area contributed by atoms with Gasteiger partial charge in [-0.25, -0.2) is 0 Å². The van der Waals surface area contributed by atoms with E-state index in [-0.39, 0.29) is 11.9 Å². The topological polar surface area (TPSA) is 38.8 Å². The molecule has 2 saturated heterocycles. The van der Waals surface area contributed by atoms with Crippen molar-refractivity contribution in [3.63, 3.8) is 0 Å². The smallest absolute Gasteiger partial charge is 0.244 e. The van der Waals surface area contributed by atoms with Gasteiger partial charge in [0.1, 0.15) is 6.04 Å². The first kappa shape index (κ1) is 18.4. The number of carbonyl (C=O) groups is 1. The number of nitrogens with zero attached hydrogens (tertiary/aromatic N) is 3. The van der Waals surface area contributed by atoms with Gasteiger partial charge in [-0.05, 0) is 31.5 Å². The first-order valence-corrected chi connectivity index (χ1v) is 9.62. The number of carbonyl (C=O) groups excluding carboxylic acids is 1.